The number of phenols is 1. The molecule has 13 nitrogen and oxygen atoms in total. The molecule has 5 atom stereocenters. The summed E-state index contributed by atoms with van der Waals surface area (Å²) in [6.07, 6.45) is -8.29. The predicted molar refractivity (Wildman–Crippen MR) is 130 cm³/mol. The second-order valence-electron chi connectivity index (χ2n) is 8.30. The number of aromatic hydroxyl groups is 1. The molecule has 1 aliphatic heterocycles. The Bertz CT molecular complexity index is 1370. The van der Waals surface area contributed by atoms with Crippen LogP contribution in [-0.4, -0.2) is 91.3 Å². The maximum Gasteiger partial charge on any atom is 0.239 e. The summed E-state index contributed by atoms with van der Waals surface area (Å²) in [6.45, 7) is -0.717. The Labute approximate surface area is 215 Å². The van der Waals surface area contributed by atoms with Crippen molar-refractivity contribution in [2.75, 3.05) is 35.0 Å². The molecule has 0 spiro atoms. The van der Waals surface area contributed by atoms with Crippen molar-refractivity contribution in [1.82, 2.24) is 0 Å². The van der Waals surface area contributed by atoms with Gasteiger partial charge in [-0.05, 0) is 18.2 Å². The molecule has 0 amide bonds. The molecule has 1 fully saturated rings. The predicted octanol–water partition coefficient (Wildman–Crippen LogP) is 0.379. The summed E-state index contributed by atoms with van der Waals surface area (Å²) < 4.78 is 38.4. The topological polar surface area (TPSA) is 187 Å². The van der Waals surface area contributed by atoms with Gasteiger partial charge in [0.1, 0.15) is 46.9 Å². The minimum atomic E-state index is -1.83. The molecule has 4 rings (SSSR count). The molecule has 0 radical (unpaired) electrons. The van der Waals surface area contributed by atoms with Gasteiger partial charge < -0.3 is 58.4 Å². The van der Waals surface area contributed by atoms with Crippen LogP contribution in [0.5, 0.6) is 34.5 Å². The number of ether oxygens (including phenoxy) is 6. The highest BCUT2D eigenvalue weighted by Crippen LogP contribution is 2.45. The highest BCUT2D eigenvalue weighted by molar-refractivity contribution is 5.92. The molecule has 0 saturated carbocycles. The number of hydrogen-bond acceptors (Lipinski definition) is 13. The van der Waals surface area contributed by atoms with E-state index in [-0.39, 0.29) is 39.5 Å². The molecular formula is C25H28O13. The Morgan fingerprint density at radius 3 is 2.18 bits per heavy atom. The summed E-state index contributed by atoms with van der Waals surface area (Å²) in [6, 6.07) is 6.01. The Kier molecular flexibility index (Phi) is 7.85. The van der Waals surface area contributed by atoms with Crippen LogP contribution in [0.15, 0.2) is 33.5 Å². The van der Waals surface area contributed by atoms with Gasteiger partial charge in [0, 0.05) is 6.07 Å². The van der Waals surface area contributed by atoms with Crippen molar-refractivity contribution >= 4 is 11.0 Å². The molecule has 0 unspecified atom stereocenters. The second kappa shape index (κ2) is 10.9. The van der Waals surface area contributed by atoms with Crippen LogP contribution in [-0.2, 0) is 4.74 Å². The van der Waals surface area contributed by atoms with E-state index in [4.69, 9.17) is 32.8 Å². The maximum atomic E-state index is 13.8. The molecule has 1 aliphatic rings. The Morgan fingerprint density at radius 2 is 1.58 bits per heavy atom. The molecule has 0 aliphatic carbocycles. The molecule has 1 aromatic heterocycles. The average molecular weight is 536 g/mol. The normalized spacial score (nSPS) is 23.2. The lowest BCUT2D eigenvalue weighted by Crippen LogP contribution is -2.60. The summed E-state index contributed by atoms with van der Waals surface area (Å²) in [5.74, 6) is -0.796. The third kappa shape index (κ3) is 4.54. The van der Waals surface area contributed by atoms with Gasteiger partial charge >= 0.3 is 0 Å². The van der Waals surface area contributed by atoms with Crippen LogP contribution in [0.1, 0.15) is 0 Å². The first-order valence-corrected chi connectivity index (χ1v) is 11.3. The quantitative estimate of drug-likeness (QED) is 0.266. The van der Waals surface area contributed by atoms with Crippen LogP contribution < -0.4 is 29.1 Å². The van der Waals surface area contributed by atoms with Crippen LogP contribution in [0, 0.1) is 0 Å². The van der Waals surface area contributed by atoms with E-state index < -0.39 is 54.2 Å². The summed E-state index contributed by atoms with van der Waals surface area (Å²) in [7, 11) is 5.43. The van der Waals surface area contributed by atoms with Crippen LogP contribution in [0.4, 0.5) is 0 Å². The number of aliphatic hydroxyl groups excluding tert-OH is 4. The highest BCUT2D eigenvalue weighted by atomic mass is 16.7. The first-order chi connectivity index (χ1) is 18.2. The fraction of sp³-hybridized carbons (Fsp3) is 0.400. The van der Waals surface area contributed by atoms with Gasteiger partial charge in [-0.1, -0.05) is 0 Å². The van der Waals surface area contributed by atoms with Crippen molar-refractivity contribution < 1.29 is 58.4 Å². The lowest BCUT2D eigenvalue weighted by atomic mass is 9.99. The minimum Gasteiger partial charge on any atom is -0.504 e. The van der Waals surface area contributed by atoms with Crippen molar-refractivity contribution in [1.29, 1.82) is 0 Å². The lowest BCUT2D eigenvalue weighted by Gasteiger charge is -2.39. The largest absolute Gasteiger partial charge is 0.504 e. The van der Waals surface area contributed by atoms with E-state index in [0.29, 0.717) is 5.75 Å². The van der Waals surface area contributed by atoms with Gasteiger partial charge in [-0.15, -0.1) is 0 Å². The van der Waals surface area contributed by atoms with Crippen LogP contribution in [0.2, 0.25) is 0 Å². The Morgan fingerprint density at radius 1 is 0.868 bits per heavy atom. The molecule has 1 saturated heterocycles. The van der Waals surface area contributed by atoms with Crippen molar-refractivity contribution in [3.05, 3.63) is 34.5 Å². The molecule has 3 aromatic rings. The number of phenolic OH excluding ortho intramolecular Hbond substituents is 1. The second-order valence-corrected chi connectivity index (χ2v) is 8.30. The van der Waals surface area contributed by atoms with E-state index in [1.807, 2.05) is 0 Å². The molecule has 2 heterocycles. The minimum absolute atomic E-state index is 0.0757. The monoisotopic (exact) mass is 536 g/mol. The lowest BCUT2D eigenvalue weighted by molar-refractivity contribution is -0.277. The molecular weight excluding hydrogens is 508 g/mol. The van der Waals surface area contributed by atoms with Gasteiger partial charge in [0.05, 0.1) is 40.6 Å². The SMILES string of the molecule is COc1ccc(OC)c(-c2oc3cc(OC)c(OC)c(O)c3c(=O)c2O[C@H]2O[C@@H](CO)[C@H](O)[C@@H](O)[C@@H]2O)c1. The van der Waals surface area contributed by atoms with Crippen molar-refractivity contribution in [2.24, 2.45) is 0 Å². The van der Waals surface area contributed by atoms with E-state index in [1.165, 1.54) is 40.6 Å². The highest BCUT2D eigenvalue weighted by Gasteiger charge is 2.45. The van der Waals surface area contributed by atoms with Crippen LogP contribution in [0.25, 0.3) is 22.3 Å². The zero-order valence-corrected chi connectivity index (χ0v) is 20.9. The molecule has 5 N–H and O–H groups in total. The molecule has 0 bridgehead atoms. The summed E-state index contributed by atoms with van der Waals surface area (Å²) in [5, 5.41) is 50.9. The molecule has 38 heavy (non-hydrogen) atoms. The van der Waals surface area contributed by atoms with Crippen molar-refractivity contribution in [3.8, 4) is 45.8 Å². The van der Waals surface area contributed by atoms with E-state index in [1.54, 1.807) is 12.1 Å². The first kappa shape index (κ1) is 27.3. The van der Waals surface area contributed by atoms with E-state index in [0.717, 1.165) is 0 Å². The number of hydrogen-bond donors (Lipinski definition) is 5. The number of benzene rings is 2. The van der Waals surface area contributed by atoms with Gasteiger partial charge in [-0.3, -0.25) is 4.79 Å². The fourth-order valence-corrected chi connectivity index (χ4v) is 4.18. The number of methoxy groups -OCH3 is 4. The van der Waals surface area contributed by atoms with E-state index >= 15 is 0 Å². The standard InChI is InChI=1S/C25H28O13/c1-32-10-5-6-12(33-2)11(7-10)22-24(38-25-21(31)20(30)17(27)15(9-26)37-25)19(29)16-13(36-22)8-14(34-3)23(35-4)18(16)28/h5-8,15,17,20-21,25-28,30-31H,9H2,1-4H3/t15-,17-,20+,21-,25+/m0/s1. The third-order valence-electron chi connectivity index (χ3n) is 6.19. The zero-order chi connectivity index (χ0) is 27.7. The van der Waals surface area contributed by atoms with E-state index in [9.17, 15) is 30.3 Å². The fourth-order valence-electron chi connectivity index (χ4n) is 4.18. The van der Waals surface area contributed by atoms with Gasteiger partial charge in [0.15, 0.2) is 17.3 Å². The number of aliphatic hydroxyl groups is 4. The van der Waals surface area contributed by atoms with Gasteiger partial charge in [0.2, 0.25) is 23.2 Å². The smallest absolute Gasteiger partial charge is 0.239 e. The number of fused-ring (bicyclic) bond motifs is 1. The first-order valence-electron chi connectivity index (χ1n) is 11.3. The molecule has 2 aromatic carbocycles. The summed E-state index contributed by atoms with van der Waals surface area (Å²) in [4.78, 5) is 13.8. The summed E-state index contributed by atoms with van der Waals surface area (Å²) >= 11 is 0. The summed E-state index contributed by atoms with van der Waals surface area (Å²) in [5.41, 5.74) is -0.813. The van der Waals surface area contributed by atoms with Crippen molar-refractivity contribution in [2.45, 2.75) is 30.7 Å². The Balaban J connectivity index is 2.01. The van der Waals surface area contributed by atoms with Gasteiger partial charge in [0.25, 0.3) is 0 Å². The average Bonchev–Trinajstić information content (AvgIpc) is 2.93. The van der Waals surface area contributed by atoms with Crippen LogP contribution in [0.3, 0.4) is 0 Å². The number of rotatable bonds is 8. The van der Waals surface area contributed by atoms with E-state index in [2.05, 4.69) is 0 Å². The Hall–Kier alpha value is -3.75. The zero-order valence-electron chi connectivity index (χ0n) is 20.9. The molecule has 13 heteroatoms. The molecule has 206 valence electrons. The van der Waals surface area contributed by atoms with Crippen LogP contribution >= 0.6 is 0 Å². The van der Waals surface area contributed by atoms with Crippen molar-refractivity contribution in [3.63, 3.8) is 0 Å². The van der Waals surface area contributed by atoms with Gasteiger partial charge in [-0.25, -0.2) is 0 Å². The van der Waals surface area contributed by atoms with Gasteiger partial charge in [-0.2, -0.15) is 0 Å². The maximum absolute atomic E-state index is 13.8. The third-order valence-corrected chi connectivity index (χ3v) is 6.19.